The van der Waals surface area contributed by atoms with Gasteiger partial charge in [0, 0.05) is 12.1 Å². The Morgan fingerprint density at radius 1 is 1.33 bits per heavy atom. The Morgan fingerprint density at radius 2 is 2.07 bits per heavy atom. The average molecular weight is 247 g/mol. The highest BCUT2D eigenvalue weighted by Crippen LogP contribution is 2.25. The van der Waals surface area contributed by atoms with Gasteiger partial charge >= 0.3 is 0 Å². The third-order valence-corrected chi connectivity index (χ3v) is 2.48. The highest BCUT2D eigenvalue weighted by molar-refractivity contribution is 6.30. The molecule has 0 bridgehead atoms. The molecule has 0 aliphatic carbocycles. The molecule has 0 saturated heterocycles. The lowest BCUT2D eigenvalue weighted by molar-refractivity contribution is 0.303. The van der Waals surface area contributed by atoms with E-state index in [1.54, 1.807) is 5.01 Å². The number of benzene rings is 1. The largest absolute Gasteiger partial charge is 0.256 e. The van der Waals surface area contributed by atoms with Crippen LogP contribution >= 0.6 is 24.0 Å². The van der Waals surface area contributed by atoms with E-state index in [0.717, 1.165) is 5.69 Å². The van der Waals surface area contributed by atoms with Crippen LogP contribution in [0.3, 0.4) is 0 Å². The Labute approximate surface area is 99.9 Å². The summed E-state index contributed by atoms with van der Waals surface area (Å²) < 4.78 is 0. The second kappa shape index (κ2) is 4.68. The van der Waals surface area contributed by atoms with Crippen LogP contribution in [0, 0.1) is 0 Å². The molecule has 2 rings (SSSR count). The van der Waals surface area contributed by atoms with Crippen LogP contribution < -0.4 is 5.01 Å². The van der Waals surface area contributed by atoms with Crippen molar-refractivity contribution in [1.82, 2.24) is 5.01 Å². The summed E-state index contributed by atoms with van der Waals surface area (Å²) in [6, 6.07) is 7.57. The molecule has 0 amide bonds. The molecule has 4 nitrogen and oxygen atoms in total. The highest BCUT2D eigenvalue weighted by Gasteiger charge is 2.23. The predicted octanol–water partition coefficient (Wildman–Crippen LogP) is 3.14. The van der Waals surface area contributed by atoms with Crippen molar-refractivity contribution in [3.8, 4) is 0 Å². The SMILES string of the molecule is CC1N(C)N=NN1c1cccc(Cl)c1.Cl. The Hall–Kier alpha value is -1.000. The van der Waals surface area contributed by atoms with Crippen LogP contribution in [0.1, 0.15) is 6.92 Å². The summed E-state index contributed by atoms with van der Waals surface area (Å²) in [7, 11) is 1.89. The van der Waals surface area contributed by atoms with Crippen molar-refractivity contribution in [3.63, 3.8) is 0 Å². The first-order valence-electron chi connectivity index (χ1n) is 4.37. The fraction of sp³-hybridized carbons (Fsp3) is 0.333. The molecule has 1 aromatic carbocycles. The molecule has 0 aromatic heterocycles. The Kier molecular flexibility index (Phi) is 3.77. The Morgan fingerprint density at radius 3 is 2.60 bits per heavy atom. The second-order valence-electron chi connectivity index (χ2n) is 3.21. The Bertz CT molecular complexity index is 369. The Balaban J connectivity index is 0.00000112. The number of hydrogen-bond donors (Lipinski definition) is 0. The van der Waals surface area contributed by atoms with Crippen molar-refractivity contribution in [3.05, 3.63) is 29.3 Å². The maximum atomic E-state index is 5.89. The molecule has 0 radical (unpaired) electrons. The molecule has 0 N–H and O–H groups in total. The minimum absolute atomic E-state index is 0. The molecular weight excluding hydrogens is 235 g/mol. The lowest BCUT2D eigenvalue weighted by Crippen LogP contribution is -2.33. The van der Waals surface area contributed by atoms with Gasteiger partial charge in [-0.25, -0.2) is 5.01 Å². The van der Waals surface area contributed by atoms with E-state index in [4.69, 9.17) is 11.6 Å². The van der Waals surface area contributed by atoms with Gasteiger partial charge in [0.25, 0.3) is 0 Å². The summed E-state index contributed by atoms with van der Waals surface area (Å²) in [6.07, 6.45) is 0.133. The van der Waals surface area contributed by atoms with E-state index < -0.39 is 0 Å². The van der Waals surface area contributed by atoms with E-state index in [-0.39, 0.29) is 18.6 Å². The van der Waals surface area contributed by atoms with Gasteiger partial charge in [0.1, 0.15) is 6.17 Å². The monoisotopic (exact) mass is 246 g/mol. The summed E-state index contributed by atoms with van der Waals surface area (Å²) in [5.41, 5.74) is 0.957. The van der Waals surface area contributed by atoms with Crippen LogP contribution in [-0.2, 0) is 0 Å². The molecule has 1 aliphatic rings. The summed E-state index contributed by atoms with van der Waals surface area (Å²) in [6.45, 7) is 2.03. The van der Waals surface area contributed by atoms with Crippen molar-refractivity contribution in [2.75, 3.05) is 12.1 Å². The predicted molar refractivity (Wildman–Crippen MR) is 63.3 cm³/mol. The van der Waals surface area contributed by atoms with Gasteiger partial charge in [0.2, 0.25) is 0 Å². The second-order valence-corrected chi connectivity index (χ2v) is 3.65. The summed E-state index contributed by atoms with van der Waals surface area (Å²) >= 11 is 5.89. The van der Waals surface area contributed by atoms with Crippen LogP contribution in [0.15, 0.2) is 34.7 Å². The van der Waals surface area contributed by atoms with E-state index in [9.17, 15) is 0 Å². The molecule has 1 heterocycles. The fourth-order valence-corrected chi connectivity index (χ4v) is 1.48. The van der Waals surface area contributed by atoms with Crippen LogP contribution in [0.2, 0.25) is 5.02 Å². The van der Waals surface area contributed by atoms with Gasteiger partial charge in [-0.15, -0.1) is 12.4 Å². The third kappa shape index (κ3) is 2.33. The zero-order valence-corrected chi connectivity index (χ0v) is 10.0. The zero-order valence-electron chi connectivity index (χ0n) is 8.46. The van der Waals surface area contributed by atoms with E-state index in [2.05, 4.69) is 10.4 Å². The molecule has 15 heavy (non-hydrogen) atoms. The molecule has 1 aliphatic heterocycles. The lowest BCUT2D eigenvalue weighted by atomic mass is 10.3. The minimum Gasteiger partial charge on any atom is -0.256 e. The smallest absolute Gasteiger partial charge is 0.139 e. The number of rotatable bonds is 1. The number of halogens is 2. The van der Waals surface area contributed by atoms with Crippen molar-refractivity contribution in [2.45, 2.75) is 13.1 Å². The van der Waals surface area contributed by atoms with Gasteiger partial charge < -0.3 is 0 Å². The highest BCUT2D eigenvalue weighted by atomic mass is 35.5. The first-order valence-corrected chi connectivity index (χ1v) is 4.75. The van der Waals surface area contributed by atoms with Gasteiger partial charge in [-0.2, -0.15) is 0 Å². The third-order valence-electron chi connectivity index (χ3n) is 2.24. The van der Waals surface area contributed by atoms with Crippen LogP contribution in [-0.4, -0.2) is 18.2 Å². The van der Waals surface area contributed by atoms with Gasteiger partial charge in [-0.3, -0.25) is 5.01 Å². The van der Waals surface area contributed by atoms with E-state index in [0.29, 0.717) is 5.02 Å². The zero-order chi connectivity index (χ0) is 10.1. The normalized spacial score (nSPS) is 19.3. The van der Waals surface area contributed by atoms with Crippen molar-refractivity contribution < 1.29 is 0 Å². The summed E-state index contributed by atoms with van der Waals surface area (Å²) in [5, 5.41) is 12.3. The fourth-order valence-electron chi connectivity index (χ4n) is 1.30. The molecule has 0 fully saturated rings. The van der Waals surface area contributed by atoms with Crippen LogP contribution in [0.4, 0.5) is 5.69 Å². The van der Waals surface area contributed by atoms with E-state index in [1.807, 2.05) is 43.2 Å². The molecular formula is C9H12Cl2N4. The van der Waals surface area contributed by atoms with E-state index >= 15 is 0 Å². The van der Waals surface area contributed by atoms with Crippen molar-refractivity contribution in [1.29, 1.82) is 0 Å². The van der Waals surface area contributed by atoms with Gasteiger partial charge in [-0.05, 0) is 30.3 Å². The summed E-state index contributed by atoms with van der Waals surface area (Å²) in [5.74, 6) is 0. The topological polar surface area (TPSA) is 31.2 Å². The molecule has 82 valence electrons. The minimum atomic E-state index is 0. The van der Waals surface area contributed by atoms with Crippen LogP contribution in [0.25, 0.3) is 0 Å². The number of anilines is 1. The molecule has 0 saturated carbocycles. The molecule has 1 unspecified atom stereocenters. The van der Waals surface area contributed by atoms with Crippen molar-refractivity contribution >= 4 is 29.7 Å². The van der Waals surface area contributed by atoms with Crippen LogP contribution in [0.5, 0.6) is 0 Å². The van der Waals surface area contributed by atoms with Gasteiger partial charge in [0.05, 0.1) is 5.69 Å². The first kappa shape index (κ1) is 12.1. The molecule has 6 heteroatoms. The number of nitrogens with zero attached hydrogens (tertiary/aromatic N) is 4. The summed E-state index contributed by atoms with van der Waals surface area (Å²) in [4.78, 5) is 0. The maximum Gasteiger partial charge on any atom is 0.139 e. The lowest BCUT2D eigenvalue weighted by Gasteiger charge is -2.21. The van der Waals surface area contributed by atoms with Gasteiger partial charge in [0.15, 0.2) is 0 Å². The molecule has 1 aromatic rings. The maximum absolute atomic E-state index is 5.89. The number of hydrogen-bond acceptors (Lipinski definition) is 4. The van der Waals surface area contributed by atoms with E-state index in [1.165, 1.54) is 0 Å². The van der Waals surface area contributed by atoms with Gasteiger partial charge in [-0.1, -0.05) is 22.9 Å². The first-order chi connectivity index (χ1) is 6.68. The molecule has 1 atom stereocenters. The average Bonchev–Trinajstić information content (AvgIpc) is 2.48. The molecule has 0 spiro atoms. The quantitative estimate of drug-likeness (QED) is 0.763. The van der Waals surface area contributed by atoms with Crippen molar-refractivity contribution in [2.24, 2.45) is 10.4 Å². The standard InChI is InChI=1S/C9H11ClN4.ClH/c1-7-13(2)11-12-14(7)9-5-3-4-8(10)6-9;/h3-7H,1-2H3;1H.